The van der Waals surface area contributed by atoms with Crippen molar-refractivity contribution in [1.29, 1.82) is 0 Å². The number of thioether (sulfide) groups is 1. The van der Waals surface area contributed by atoms with Crippen molar-refractivity contribution in [3.63, 3.8) is 0 Å². The third-order valence-corrected chi connectivity index (χ3v) is 5.11. The molecule has 3 rings (SSSR count). The first kappa shape index (κ1) is 11.4. The molecule has 0 aliphatic carbocycles. The minimum Gasteiger partial charge on any atom is -0.346 e. The van der Waals surface area contributed by atoms with Crippen LogP contribution in [0.25, 0.3) is 10.2 Å². The van der Waals surface area contributed by atoms with E-state index < -0.39 is 0 Å². The summed E-state index contributed by atoms with van der Waals surface area (Å²) in [5.74, 6) is 2.46. The van der Waals surface area contributed by atoms with Gasteiger partial charge in [-0.25, -0.2) is 4.98 Å². The quantitative estimate of drug-likeness (QED) is 0.784. The first-order valence-corrected chi connectivity index (χ1v) is 7.91. The maximum Gasteiger partial charge on any atom is 0.186 e. The third kappa shape index (κ3) is 2.16. The first-order chi connectivity index (χ1) is 8.24. The Labute approximate surface area is 110 Å². The van der Waals surface area contributed by atoms with Crippen LogP contribution in [0.1, 0.15) is 11.1 Å². The van der Waals surface area contributed by atoms with Crippen molar-refractivity contribution in [2.45, 2.75) is 13.8 Å². The van der Waals surface area contributed by atoms with E-state index >= 15 is 0 Å². The third-order valence-electron chi connectivity index (χ3n) is 3.10. The number of benzene rings is 1. The lowest BCUT2D eigenvalue weighted by Gasteiger charge is -2.25. The lowest BCUT2D eigenvalue weighted by atomic mass is 10.1. The van der Waals surface area contributed by atoms with Crippen LogP contribution in [-0.4, -0.2) is 29.6 Å². The number of aryl methyl sites for hydroxylation is 2. The van der Waals surface area contributed by atoms with Crippen LogP contribution in [0.2, 0.25) is 0 Å². The molecule has 0 bridgehead atoms. The Morgan fingerprint density at radius 2 is 1.94 bits per heavy atom. The lowest BCUT2D eigenvalue weighted by molar-refractivity contribution is 0.854. The minimum absolute atomic E-state index is 1.14. The van der Waals surface area contributed by atoms with Crippen LogP contribution < -0.4 is 4.90 Å². The molecule has 4 heteroatoms. The van der Waals surface area contributed by atoms with E-state index in [2.05, 4.69) is 30.9 Å². The Kier molecular flexibility index (Phi) is 3.01. The molecule has 0 amide bonds. The van der Waals surface area contributed by atoms with Crippen molar-refractivity contribution < 1.29 is 0 Å². The number of anilines is 1. The van der Waals surface area contributed by atoms with Gasteiger partial charge in [-0.1, -0.05) is 17.4 Å². The van der Waals surface area contributed by atoms with Gasteiger partial charge < -0.3 is 4.90 Å². The van der Waals surface area contributed by atoms with Crippen molar-refractivity contribution >= 4 is 38.4 Å². The molecule has 90 valence electrons. The molecule has 1 aromatic carbocycles. The summed E-state index contributed by atoms with van der Waals surface area (Å²) in [7, 11) is 0. The van der Waals surface area contributed by atoms with E-state index in [1.165, 1.54) is 38.0 Å². The molecule has 1 fully saturated rings. The van der Waals surface area contributed by atoms with Gasteiger partial charge in [-0.05, 0) is 31.0 Å². The molecule has 1 aromatic heterocycles. The van der Waals surface area contributed by atoms with E-state index in [1.54, 1.807) is 0 Å². The number of rotatable bonds is 1. The van der Waals surface area contributed by atoms with E-state index in [0.717, 1.165) is 13.1 Å². The van der Waals surface area contributed by atoms with Crippen molar-refractivity contribution in [3.8, 4) is 0 Å². The average Bonchev–Trinajstić information content (AvgIpc) is 2.74. The van der Waals surface area contributed by atoms with Gasteiger partial charge in [0.1, 0.15) is 0 Å². The molecule has 0 radical (unpaired) electrons. The van der Waals surface area contributed by atoms with E-state index in [-0.39, 0.29) is 0 Å². The highest BCUT2D eigenvalue weighted by molar-refractivity contribution is 7.99. The Hall–Kier alpha value is -0.740. The van der Waals surface area contributed by atoms with E-state index in [4.69, 9.17) is 4.98 Å². The highest BCUT2D eigenvalue weighted by atomic mass is 32.2. The zero-order valence-corrected chi connectivity index (χ0v) is 11.8. The molecule has 0 spiro atoms. The molecule has 17 heavy (non-hydrogen) atoms. The summed E-state index contributed by atoms with van der Waals surface area (Å²) >= 11 is 3.88. The zero-order valence-electron chi connectivity index (χ0n) is 10.2. The number of hydrogen-bond donors (Lipinski definition) is 0. The zero-order chi connectivity index (χ0) is 11.8. The predicted molar refractivity (Wildman–Crippen MR) is 78.6 cm³/mol. The van der Waals surface area contributed by atoms with Crippen molar-refractivity contribution in [2.24, 2.45) is 0 Å². The number of fused-ring (bicyclic) bond motifs is 1. The maximum absolute atomic E-state index is 4.81. The molecule has 2 heterocycles. The lowest BCUT2D eigenvalue weighted by Crippen LogP contribution is -2.32. The normalized spacial score (nSPS) is 16.7. The molecule has 2 aromatic rings. The van der Waals surface area contributed by atoms with Crippen molar-refractivity contribution in [2.75, 3.05) is 29.5 Å². The van der Waals surface area contributed by atoms with Crippen LogP contribution in [0.5, 0.6) is 0 Å². The Morgan fingerprint density at radius 1 is 1.18 bits per heavy atom. The van der Waals surface area contributed by atoms with Gasteiger partial charge in [-0.15, -0.1) is 0 Å². The van der Waals surface area contributed by atoms with Crippen molar-refractivity contribution in [1.82, 2.24) is 4.98 Å². The number of nitrogens with zero attached hydrogens (tertiary/aromatic N) is 2. The second-order valence-electron chi connectivity index (χ2n) is 4.52. The van der Waals surface area contributed by atoms with Crippen LogP contribution in [0.3, 0.4) is 0 Å². The fourth-order valence-electron chi connectivity index (χ4n) is 2.25. The number of aromatic nitrogens is 1. The fourth-order valence-corrected chi connectivity index (χ4v) is 4.35. The first-order valence-electron chi connectivity index (χ1n) is 5.94. The van der Waals surface area contributed by atoms with Gasteiger partial charge in [0.05, 0.1) is 10.2 Å². The Morgan fingerprint density at radius 3 is 2.71 bits per heavy atom. The topological polar surface area (TPSA) is 16.1 Å². The SMILES string of the molecule is Cc1cc(C)c2nc(N3CCSCC3)sc2c1. The molecular formula is C13H16N2S2. The Bertz CT molecular complexity index is 542. The molecule has 2 nitrogen and oxygen atoms in total. The van der Waals surface area contributed by atoms with Crippen LogP contribution >= 0.6 is 23.1 Å². The van der Waals surface area contributed by atoms with Gasteiger partial charge >= 0.3 is 0 Å². The number of hydrogen-bond acceptors (Lipinski definition) is 4. The second kappa shape index (κ2) is 4.50. The van der Waals surface area contributed by atoms with E-state index in [0.29, 0.717) is 0 Å². The summed E-state index contributed by atoms with van der Waals surface area (Å²) in [5, 5.41) is 1.20. The highest BCUT2D eigenvalue weighted by Gasteiger charge is 2.16. The number of thiazole rings is 1. The summed E-state index contributed by atoms with van der Waals surface area (Å²) in [6.07, 6.45) is 0. The largest absolute Gasteiger partial charge is 0.346 e. The summed E-state index contributed by atoms with van der Waals surface area (Å²) < 4.78 is 1.33. The second-order valence-corrected chi connectivity index (χ2v) is 6.76. The van der Waals surface area contributed by atoms with Gasteiger partial charge in [-0.3, -0.25) is 0 Å². The molecule has 1 aliphatic rings. The molecule has 0 saturated carbocycles. The average molecular weight is 264 g/mol. The molecular weight excluding hydrogens is 248 g/mol. The van der Waals surface area contributed by atoms with Gasteiger partial charge in [0.15, 0.2) is 5.13 Å². The van der Waals surface area contributed by atoms with Gasteiger partial charge in [0, 0.05) is 24.6 Å². The minimum atomic E-state index is 1.14. The van der Waals surface area contributed by atoms with Gasteiger partial charge in [0.2, 0.25) is 0 Å². The standard InChI is InChI=1S/C13H16N2S2/c1-9-7-10(2)12-11(8-9)17-13(14-12)15-3-5-16-6-4-15/h7-8H,3-6H2,1-2H3. The maximum atomic E-state index is 4.81. The summed E-state index contributed by atoms with van der Waals surface area (Å²) in [6, 6.07) is 4.47. The molecule has 1 aliphatic heterocycles. The fraction of sp³-hybridized carbons (Fsp3) is 0.462. The van der Waals surface area contributed by atoms with Crippen molar-refractivity contribution in [3.05, 3.63) is 23.3 Å². The predicted octanol–water partition coefficient (Wildman–Crippen LogP) is 3.47. The van der Waals surface area contributed by atoms with E-state index in [1.807, 2.05) is 23.1 Å². The summed E-state index contributed by atoms with van der Waals surface area (Å²) in [6.45, 7) is 6.60. The van der Waals surface area contributed by atoms with Gasteiger partial charge in [0.25, 0.3) is 0 Å². The van der Waals surface area contributed by atoms with E-state index in [9.17, 15) is 0 Å². The molecule has 0 atom stereocenters. The Balaban J connectivity index is 2.03. The monoisotopic (exact) mass is 264 g/mol. The molecule has 0 unspecified atom stereocenters. The van der Waals surface area contributed by atoms with Crippen LogP contribution in [0.4, 0.5) is 5.13 Å². The van der Waals surface area contributed by atoms with Gasteiger partial charge in [-0.2, -0.15) is 11.8 Å². The summed E-state index contributed by atoms with van der Waals surface area (Å²) in [5.41, 5.74) is 3.82. The van der Waals surface area contributed by atoms with Crippen LogP contribution in [0.15, 0.2) is 12.1 Å². The summed E-state index contributed by atoms with van der Waals surface area (Å²) in [4.78, 5) is 7.24. The van der Waals surface area contributed by atoms with Crippen LogP contribution in [-0.2, 0) is 0 Å². The van der Waals surface area contributed by atoms with Crippen LogP contribution in [0, 0.1) is 13.8 Å². The molecule has 0 N–H and O–H groups in total. The molecule has 1 saturated heterocycles. The smallest absolute Gasteiger partial charge is 0.186 e. The highest BCUT2D eigenvalue weighted by Crippen LogP contribution is 2.32.